The third-order valence-electron chi connectivity index (χ3n) is 3.94. The van der Waals surface area contributed by atoms with Gasteiger partial charge >= 0.3 is 0 Å². The minimum absolute atomic E-state index is 0.0637. The van der Waals surface area contributed by atoms with Crippen molar-refractivity contribution in [2.24, 2.45) is 0 Å². The van der Waals surface area contributed by atoms with Gasteiger partial charge in [-0.05, 0) is 31.9 Å². The molecule has 0 N–H and O–H groups in total. The van der Waals surface area contributed by atoms with Crippen LogP contribution in [0.3, 0.4) is 0 Å². The molecule has 0 radical (unpaired) electrons. The molecular weight excluding hydrogens is 370 g/mol. The van der Waals surface area contributed by atoms with Crippen LogP contribution in [0.1, 0.15) is 19.8 Å². The van der Waals surface area contributed by atoms with Crippen molar-refractivity contribution in [2.75, 3.05) is 24.7 Å². The van der Waals surface area contributed by atoms with Crippen molar-refractivity contribution < 1.29 is 35.1 Å². The van der Waals surface area contributed by atoms with Crippen molar-refractivity contribution in [3.8, 4) is 0 Å². The Labute approximate surface area is 147 Å². The molecule has 0 amide bonds. The van der Waals surface area contributed by atoms with E-state index in [1.54, 1.807) is 0 Å². The Morgan fingerprint density at radius 1 is 0.923 bits per heavy atom. The standard InChI is InChI=1S/C17H21F8N/c1-2-26(14-8-10(19)5-6-11(14)20)9-13(22)16(24)17(25)15(23)12(21)4-3-7-18/h5-6,8,12-13,15-17H,2-4,7,9H2,1H3. The zero-order valence-corrected chi connectivity index (χ0v) is 14.1. The van der Waals surface area contributed by atoms with Crippen LogP contribution in [0, 0.1) is 11.6 Å². The van der Waals surface area contributed by atoms with E-state index in [2.05, 4.69) is 0 Å². The molecule has 0 aliphatic carbocycles. The lowest BCUT2D eigenvalue weighted by atomic mass is 10.0. The van der Waals surface area contributed by atoms with Crippen LogP contribution in [-0.4, -0.2) is 50.6 Å². The largest absolute Gasteiger partial charge is 0.366 e. The van der Waals surface area contributed by atoms with Gasteiger partial charge in [0, 0.05) is 12.6 Å². The van der Waals surface area contributed by atoms with Crippen LogP contribution in [0.15, 0.2) is 18.2 Å². The molecule has 0 spiro atoms. The van der Waals surface area contributed by atoms with Crippen LogP contribution in [0.4, 0.5) is 40.8 Å². The van der Waals surface area contributed by atoms with Gasteiger partial charge in [-0.3, -0.25) is 4.39 Å². The highest BCUT2D eigenvalue weighted by molar-refractivity contribution is 5.48. The second kappa shape index (κ2) is 10.6. The second-order valence-electron chi connectivity index (χ2n) is 5.83. The maximum absolute atomic E-state index is 14.1. The summed E-state index contributed by atoms with van der Waals surface area (Å²) in [7, 11) is 0. The van der Waals surface area contributed by atoms with Crippen LogP contribution < -0.4 is 4.90 Å². The first-order valence-corrected chi connectivity index (χ1v) is 8.19. The summed E-state index contributed by atoms with van der Waals surface area (Å²) in [6.45, 7) is -0.443. The maximum Gasteiger partial charge on any atom is 0.168 e. The van der Waals surface area contributed by atoms with Gasteiger partial charge in [-0.25, -0.2) is 30.7 Å². The summed E-state index contributed by atoms with van der Waals surface area (Å²) in [5.41, 5.74) is -0.360. The molecule has 9 heteroatoms. The van der Waals surface area contributed by atoms with E-state index >= 15 is 0 Å². The number of alkyl halides is 6. The average Bonchev–Trinajstić information content (AvgIpc) is 2.63. The summed E-state index contributed by atoms with van der Waals surface area (Å²) in [5.74, 6) is -1.71. The fourth-order valence-electron chi connectivity index (χ4n) is 2.44. The van der Waals surface area contributed by atoms with E-state index in [9.17, 15) is 35.1 Å². The van der Waals surface area contributed by atoms with Gasteiger partial charge in [0.05, 0.1) is 18.9 Å². The zero-order valence-electron chi connectivity index (χ0n) is 14.1. The van der Waals surface area contributed by atoms with E-state index in [0.29, 0.717) is 0 Å². The Balaban J connectivity index is 2.77. The number of rotatable bonds is 11. The predicted octanol–water partition coefficient (Wildman–Crippen LogP) is 5.23. The van der Waals surface area contributed by atoms with Gasteiger partial charge in [0.25, 0.3) is 0 Å². The van der Waals surface area contributed by atoms with Crippen LogP contribution in [0.5, 0.6) is 0 Å². The summed E-state index contributed by atoms with van der Waals surface area (Å²) >= 11 is 0. The fraction of sp³-hybridized carbons (Fsp3) is 0.647. The maximum atomic E-state index is 14.1. The van der Waals surface area contributed by atoms with Gasteiger partial charge in [0.1, 0.15) is 17.8 Å². The van der Waals surface area contributed by atoms with Crippen molar-refractivity contribution >= 4 is 5.69 Å². The van der Waals surface area contributed by atoms with Gasteiger partial charge in [0.2, 0.25) is 0 Å². The third kappa shape index (κ3) is 6.02. The molecule has 5 atom stereocenters. The predicted molar refractivity (Wildman–Crippen MR) is 83.9 cm³/mol. The molecule has 1 aromatic rings. The quantitative estimate of drug-likeness (QED) is 0.467. The lowest BCUT2D eigenvalue weighted by Gasteiger charge is -2.28. The smallest absolute Gasteiger partial charge is 0.168 e. The Kier molecular flexibility index (Phi) is 9.15. The van der Waals surface area contributed by atoms with E-state index in [1.165, 1.54) is 6.92 Å². The number of hydrogen-bond acceptors (Lipinski definition) is 1. The highest BCUT2D eigenvalue weighted by Crippen LogP contribution is 2.26. The molecule has 1 rings (SSSR count). The Morgan fingerprint density at radius 2 is 1.54 bits per heavy atom. The lowest BCUT2D eigenvalue weighted by molar-refractivity contribution is 0.000496. The van der Waals surface area contributed by atoms with E-state index in [1.807, 2.05) is 0 Å². The minimum Gasteiger partial charge on any atom is -0.366 e. The first-order chi connectivity index (χ1) is 12.2. The van der Waals surface area contributed by atoms with E-state index in [-0.39, 0.29) is 18.7 Å². The molecule has 150 valence electrons. The minimum atomic E-state index is -3.10. The number of benzene rings is 1. The van der Waals surface area contributed by atoms with E-state index in [4.69, 9.17) is 0 Å². The Morgan fingerprint density at radius 3 is 2.12 bits per heavy atom. The number of hydrogen-bond donors (Lipinski definition) is 0. The van der Waals surface area contributed by atoms with Crippen molar-refractivity contribution in [3.05, 3.63) is 29.8 Å². The fourth-order valence-corrected chi connectivity index (χ4v) is 2.44. The molecule has 1 aromatic carbocycles. The third-order valence-corrected chi connectivity index (χ3v) is 3.94. The zero-order chi connectivity index (χ0) is 19.9. The molecule has 26 heavy (non-hydrogen) atoms. The van der Waals surface area contributed by atoms with Gasteiger partial charge in [-0.1, -0.05) is 0 Å². The molecule has 0 saturated heterocycles. The molecule has 5 unspecified atom stereocenters. The van der Waals surface area contributed by atoms with Crippen LogP contribution in [0.25, 0.3) is 0 Å². The molecule has 0 aliphatic heterocycles. The molecule has 0 heterocycles. The molecule has 0 bridgehead atoms. The number of halogens is 8. The Bertz CT molecular complexity index is 543. The topological polar surface area (TPSA) is 3.24 Å². The summed E-state index contributed by atoms with van der Waals surface area (Å²) in [5, 5.41) is 0. The molecule has 0 aliphatic rings. The van der Waals surface area contributed by atoms with Crippen LogP contribution in [-0.2, 0) is 0 Å². The SMILES string of the molecule is CCN(CC(F)C(F)C(F)C(F)C(F)CCCF)c1cc(F)ccc1F. The molecular formula is C17H21F8N. The molecule has 1 nitrogen and oxygen atoms in total. The summed E-state index contributed by atoms with van der Waals surface area (Å²) in [4.78, 5) is 0.922. The van der Waals surface area contributed by atoms with Crippen molar-refractivity contribution in [3.63, 3.8) is 0 Å². The summed E-state index contributed by atoms with van der Waals surface area (Å²) in [6, 6.07) is 2.39. The van der Waals surface area contributed by atoms with E-state index in [0.717, 1.165) is 23.1 Å². The van der Waals surface area contributed by atoms with Crippen LogP contribution >= 0.6 is 0 Å². The first-order valence-electron chi connectivity index (χ1n) is 8.19. The summed E-state index contributed by atoms with van der Waals surface area (Å²) in [6.07, 6.45) is -15.2. The molecule has 0 aromatic heterocycles. The van der Waals surface area contributed by atoms with Gasteiger partial charge < -0.3 is 4.90 Å². The highest BCUT2D eigenvalue weighted by atomic mass is 19.2. The summed E-state index contributed by atoms with van der Waals surface area (Å²) < 4.78 is 108. The van der Waals surface area contributed by atoms with Gasteiger partial charge in [-0.15, -0.1) is 0 Å². The Hall–Kier alpha value is -1.54. The van der Waals surface area contributed by atoms with Crippen molar-refractivity contribution in [1.82, 2.24) is 0 Å². The monoisotopic (exact) mass is 391 g/mol. The average molecular weight is 391 g/mol. The second-order valence-corrected chi connectivity index (χ2v) is 5.83. The van der Waals surface area contributed by atoms with Crippen LogP contribution in [0.2, 0.25) is 0 Å². The number of anilines is 1. The van der Waals surface area contributed by atoms with Crippen molar-refractivity contribution in [2.45, 2.75) is 50.6 Å². The normalized spacial score (nSPS) is 17.4. The molecule has 0 saturated carbocycles. The first kappa shape index (κ1) is 22.5. The van der Waals surface area contributed by atoms with E-state index < -0.39 is 62.1 Å². The van der Waals surface area contributed by atoms with Gasteiger partial charge in [-0.2, -0.15) is 0 Å². The highest BCUT2D eigenvalue weighted by Gasteiger charge is 2.40. The number of nitrogens with zero attached hydrogens (tertiary/aromatic N) is 1. The van der Waals surface area contributed by atoms with Crippen molar-refractivity contribution in [1.29, 1.82) is 0 Å². The van der Waals surface area contributed by atoms with Gasteiger partial charge in [0.15, 0.2) is 24.7 Å². The molecule has 0 fully saturated rings. The lowest BCUT2D eigenvalue weighted by Crippen LogP contribution is -2.44.